The van der Waals surface area contributed by atoms with Crippen LogP contribution in [-0.4, -0.2) is 33.8 Å². The summed E-state index contributed by atoms with van der Waals surface area (Å²) in [5.41, 5.74) is 0.357. The maximum absolute atomic E-state index is 13.1. The molecule has 0 atom stereocenters. The average Bonchev–Trinajstić information content (AvgIpc) is 3.18. The molecule has 4 nitrogen and oxygen atoms in total. The van der Waals surface area contributed by atoms with Crippen LogP contribution in [0.2, 0.25) is 0 Å². The third-order valence-electron chi connectivity index (χ3n) is 3.18. The molecule has 1 aromatic carbocycles. The fraction of sp³-hybridized carbons (Fsp3) is 0.538. The molecule has 0 aliphatic heterocycles. The first-order valence-corrected chi connectivity index (χ1v) is 8.05. The van der Waals surface area contributed by atoms with Gasteiger partial charge in [0.25, 0.3) is 0 Å². The average molecular weight is 286 g/mol. The van der Waals surface area contributed by atoms with Crippen molar-refractivity contribution in [3.8, 4) is 0 Å². The lowest BCUT2D eigenvalue weighted by molar-refractivity contribution is 0.586. The van der Waals surface area contributed by atoms with Crippen molar-refractivity contribution in [2.45, 2.75) is 25.3 Å². The van der Waals surface area contributed by atoms with Crippen LogP contribution in [0.4, 0.5) is 10.1 Å². The largest absolute Gasteiger partial charge is 0.314 e. The predicted molar refractivity (Wildman–Crippen MR) is 74.2 cm³/mol. The summed E-state index contributed by atoms with van der Waals surface area (Å²) in [6.07, 6.45) is 2.95. The molecule has 0 heterocycles. The van der Waals surface area contributed by atoms with Crippen LogP contribution >= 0.6 is 0 Å². The van der Waals surface area contributed by atoms with Crippen molar-refractivity contribution in [1.82, 2.24) is 5.32 Å². The third kappa shape index (κ3) is 4.18. The number of hydrogen-bond acceptors (Lipinski definition) is 3. The van der Waals surface area contributed by atoms with Gasteiger partial charge in [-0.15, -0.1) is 0 Å². The Morgan fingerprint density at radius 2 is 2.16 bits per heavy atom. The third-order valence-corrected chi connectivity index (χ3v) is 5.03. The first-order chi connectivity index (χ1) is 8.99. The molecule has 0 radical (unpaired) electrons. The SMILES string of the molecule is CN(c1cccc(F)c1)S(=O)(=O)CCCNC1CC1. The van der Waals surface area contributed by atoms with Gasteiger partial charge in [0.1, 0.15) is 5.82 Å². The fourth-order valence-corrected chi connectivity index (χ4v) is 3.04. The number of nitrogens with one attached hydrogen (secondary N) is 1. The summed E-state index contributed by atoms with van der Waals surface area (Å²) in [5, 5.41) is 3.27. The second kappa shape index (κ2) is 5.88. The minimum Gasteiger partial charge on any atom is -0.314 e. The Kier molecular flexibility index (Phi) is 4.42. The van der Waals surface area contributed by atoms with E-state index in [1.807, 2.05) is 0 Å². The van der Waals surface area contributed by atoms with Crippen LogP contribution in [0.25, 0.3) is 0 Å². The van der Waals surface area contributed by atoms with Gasteiger partial charge in [-0.05, 0) is 44.0 Å². The molecule has 1 N–H and O–H groups in total. The molecular weight excluding hydrogens is 267 g/mol. The number of benzene rings is 1. The van der Waals surface area contributed by atoms with E-state index in [1.54, 1.807) is 6.07 Å². The van der Waals surface area contributed by atoms with Crippen LogP contribution in [0.5, 0.6) is 0 Å². The van der Waals surface area contributed by atoms with Gasteiger partial charge in [0.05, 0.1) is 11.4 Å². The van der Waals surface area contributed by atoms with Gasteiger partial charge in [0.2, 0.25) is 10.0 Å². The lowest BCUT2D eigenvalue weighted by Gasteiger charge is -2.19. The summed E-state index contributed by atoms with van der Waals surface area (Å²) in [4.78, 5) is 0. The van der Waals surface area contributed by atoms with Crippen LogP contribution in [0.15, 0.2) is 24.3 Å². The Balaban J connectivity index is 1.89. The monoisotopic (exact) mass is 286 g/mol. The van der Waals surface area contributed by atoms with Crippen molar-refractivity contribution in [1.29, 1.82) is 0 Å². The summed E-state index contributed by atoms with van der Waals surface area (Å²) in [7, 11) is -1.92. The van der Waals surface area contributed by atoms with E-state index in [1.165, 1.54) is 38.1 Å². The molecule has 1 aromatic rings. The normalized spacial score (nSPS) is 15.5. The number of nitrogens with zero attached hydrogens (tertiary/aromatic N) is 1. The summed E-state index contributed by atoms with van der Waals surface area (Å²) in [6.45, 7) is 0.709. The summed E-state index contributed by atoms with van der Waals surface area (Å²) in [5.74, 6) is -0.366. The molecule has 0 aromatic heterocycles. The molecule has 1 saturated carbocycles. The Bertz CT molecular complexity index is 529. The van der Waals surface area contributed by atoms with E-state index in [0.29, 0.717) is 24.7 Å². The maximum Gasteiger partial charge on any atom is 0.234 e. The van der Waals surface area contributed by atoms with Crippen molar-refractivity contribution in [2.75, 3.05) is 23.7 Å². The Morgan fingerprint density at radius 1 is 1.42 bits per heavy atom. The van der Waals surface area contributed by atoms with Gasteiger partial charge in [-0.25, -0.2) is 12.8 Å². The van der Waals surface area contributed by atoms with Crippen LogP contribution < -0.4 is 9.62 Å². The highest BCUT2D eigenvalue weighted by molar-refractivity contribution is 7.92. The summed E-state index contributed by atoms with van der Waals surface area (Å²) >= 11 is 0. The van der Waals surface area contributed by atoms with E-state index in [0.717, 1.165) is 4.31 Å². The molecule has 106 valence electrons. The molecule has 1 aliphatic carbocycles. The minimum atomic E-state index is -3.38. The minimum absolute atomic E-state index is 0.0692. The van der Waals surface area contributed by atoms with Gasteiger partial charge in [0.15, 0.2) is 0 Å². The lowest BCUT2D eigenvalue weighted by Crippen LogP contribution is -2.30. The first kappa shape index (κ1) is 14.3. The molecule has 0 amide bonds. The van der Waals surface area contributed by atoms with Crippen molar-refractivity contribution in [3.05, 3.63) is 30.1 Å². The number of sulfonamides is 1. The molecule has 1 aliphatic rings. The number of rotatable bonds is 7. The first-order valence-electron chi connectivity index (χ1n) is 6.44. The van der Waals surface area contributed by atoms with E-state index in [2.05, 4.69) is 5.32 Å². The smallest absolute Gasteiger partial charge is 0.234 e. The highest BCUT2D eigenvalue weighted by Gasteiger charge is 2.21. The molecule has 6 heteroatoms. The zero-order valence-corrected chi connectivity index (χ0v) is 11.8. The number of anilines is 1. The van der Waals surface area contributed by atoms with E-state index in [9.17, 15) is 12.8 Å². The molecule has 2 rings (SSSR count). The number of hydrogen-bond donors (Lipinski definition) is 1. The predicted octanol–water partition coefficient (Wildman–Crippen LogP) is 1.73. The van der Waals surface area contributed by atoms with Crippen molar-refractivity contribution < 1.29 is 12.8 Å². The molecule has 0 bridgehead atoms. The molecule has 19 heavy (non-hydrogen) atoms. The Hall–Kier alpha value is -1.14. The number of halogens is 1. The Labute approximate surface area is 113 Å². The standard InChI is InChI=1S/C13H19FN2O2S/c1-16(13-5-2-4-11(14)10-13)19(17,18)9-3-8-15-12-6-7-12/h2,4-5,10,12,15H,3,6-9H2,1H3. The lowest BCUT2D eigenvalue weighted by atomic mass is 10.3. The molecular formula is C13H19FN2O2S. The zero-order chi connectivity index (χ0) is 13.9. The van der Waals surface area contributed by atoms with E-state index >= 15 is 0 Å². The summed E-state index contributed by atoms with van der Waals surface area (Å²) in [6, 6.07) is 6.20. The maximum atomic E-state index is 13.1. The van der Waals surface area contributed by atoms with E-state index in [4.69, 9.17) is 0 Å². The van der Waals surface area contributed by atoms with Crippen LogP contribution in [0.3, 0.4) is 0 Å². The van der Waals surface area contributed by atoms with E-state index in [-0.39, 0.29) is 5.75 Å². The van der Waals surface area contributed by atoms with Gasteiger partial charge in [-0.3, -0.25) is 4.31 Å². The van der Waals surface area contributed by atoms with Crippen molar-refractivity contribution in [3.63, 3.8) is 0 Å². The highest BCUT2D eigenvalue weighted by Crippen LogP contribution is 2.19. The van der Waals surface area contributed by atoms with Crippen LogP contribution in [0.1, 0.15) is 19.3 Å². The van der Waals surface area contributed by atoms with Crippen molar-refractivity contribution in [2.24, 2.45) is 0 Å². The molecule has 0 saturated heterocycles. The topological polar surface area (TPSA) is 49.4 Å². The zero-order valence-electron chi connectivity index (χ0n) is 11.0. The highest BCUT2D eigenvalue weighted by atomic mass is 32.2. The summed E-state index contributed by atoms with van der Waals surface area (Å²) < 4.78 is 38.4. The molecule has 1 fully saturated rings. The van der Waals surface area contributed by atoms with Crippen LogP contribution in [0, 0.1) is 5.82 Å². The van der Waals surface area contributed by atoms with Crippen LogP contribution in [-0.2, 0) is 10.0 Å². The van der Waals surface area contributed by atoms with Gasteiger partial charge in [0, 0.05) is 13.1 Å². The molecule has 0 unspecified atom stereocenters. The van der Waals surface area contributed by atoms with Gasteiger partial charge < -0.3 is 5.32 Å². The quantitative estimate of drug-likeness (QED) is 0.777. The van der Waals surface area contributed by atoms with Gasteiger partial charge in [-0.2, -0.15) is 0 Å². The van der Waals surface area contributed by atoms with Gasteiger partial charge in [-0.1, -0.05) is 6.07 Å². The fourth-order valence-electron chi connectivity index (χ4n) is 1.82. The van der Waals surface area contributed by atoms with E-state index < -0.39 is 15.8 Å². The second-order valence-corrected chi connectivity index (χ2v) is 6.97. The molecule has 0 spiro atoms. The van der Waals surface area contributed by atoms with Gasteiger partial charge >= 0.3 is 0 Å². The Morgan fingerprint density at radius 3 is 2.79 bits per heavy atom. The second-order valence-electron chi connectivity index (χ2n) is 4.85. The van der Waals surface area contributed by atoms with Crippen molar-refractivity contribution >= 4 is 15.7 Å².